The molecule has 0 aromatic heterocycles. The molecule has 0 radical (unpaired) electrons. The standard InChI is InChI=1S/C16H16O4/c1-20-15-8-3-2-7-13(15)14(16(18)19)10-11-5-4-6-12(17)9-11/h2-9,14,17H,10H2,1H3,(H,18,19). The molecule has 2 rings (SSSR count). The first kappa shape index (κ1) is 13.9. The van der Waals surface area contributed by atoms with E-state index in [9.17, 15) is 15.0 Å². The second-order valence-electron chi connectivity index (χ2n) is 4.51. The van der Waals surface area contributed by atoms with Gasteiger partial charge < -0.3 is 14.9 Å². The van der Waals surface area contributed by atoms with E-state index >= 15 is 0 Å². The molecule has 0 spiro atoms. The fourth-order valence-corrected chi connectivity index (χ4v) is 2.20. The molecule has 0 bridgehead atoms. The summed E-state index contributed by atoms with van der Waals surface area (Å²) in [5.41, 5.74) is 1.40. The zero-order chi connectivity index (χ0) is 14.5. The number of carboxylic acid groups (broad SMARTS) is 1. The van der Waals surface area contributed by atoms with Crippen molar-refractivity contribution < 1.29 is 19.7 Å². The largest absolute Gasteiger partial charge is 0.508 e. The monoisotopic (exact) mass is 272 g/mol. The van der Waals surface area contributed by atoms with Crippen molar-refractivity contribution in [2.45, 2.75) is 12.3 Å². The number of carbonyl (C=O) groups is 1. The minimum absolute atomic E-state index is 0.131. The number of aromatic hydroxyl groups is 1. The Balaban J connectivity index is 2.34. The van der Waals surface area contributed by atoms with E-state index in [0.29, 0.717) is 17.7 Å². The Hall–Kier alpha value is -2.49. The number of ether oxygens (including phenoxy) is 1. The molecule has 0 aliphatic heterocycles. The maximum Gasteiger partial charge on any atom is 0.311 e. The molecule has 1 atom stereocenters. The van der Waals surface area contributed by atoms with E-state index < -0.39 is 11.9 Å². The van der Waals surface area contributed by atoms with E-state index in [1.807, 2.05) is 0 Å². The Morgan fingerprint density at radius 1 is 1.20 bits per heavy atom. The highest BCUT2D eigenvalue weighted by atomic mass is 16.5. The molecular weight excluding hydrogens is 256 g/mol. The van der Waals surface area contributed by atoms with Gasteiger partial charge in [-0.2, -0.15) is 0 Å². The Morgan fingerprint density at radius 3 is 2.60 bits per heavy atom. The van der Waals surface area contributed by atoms with E-state index in [1.54, 1.807) is 48.5 Å². The lowest BCUT2D eigenvalue weighted by molar-refractivity contribution is -0.138. The molecule has 0 heterocycles. The van der Waals surface area contributed by atoms with Crippen molar-refractivity contribution in [3.05, 3.63) is 59.7 Å². The van der Waals surface area contributed by atoms with Crippen LogP contribution in [-0.4, -0.2) is 23.3 Å². The number of para-hydroxylation sites is 1. The maximum absolute atomic E-state index is 11.5. The smallest absolute Gasteiger partial charge is 0.311 e. The first-order chi connectivity index (χ1) is 9.61. The molecule has 2 aromatic rings. The summed E-state index contributed by atoms with van der Waals surface area (Å²) in [5.74, 6) is -0.947. The quantitative estimate of drug-likeness (QED) is 0.878. The third-order valence-electron chi connectivity index (χ3n) is 3.16. The van der Waals surface area contributed by atoms with Crippen molar-refractivity contribution in [3.63, 3.8) is 0 Å². The zero-order valence-electron chi connectivity index (χ0n) is 11.1. The van der Waals surface area contributed by atoms with Crippen molar-refractivity contribution in [3.8, 4) is 11.5 Å². The van der Waals surface area contributed by atoms with Gasteiger partial charge in [-0.3, -0.25) is 4.79 Å². The summed E-state index contributed by atoms with van der Waals surface area (Å²) >= 11 is 0. The summed E-state index contributed by atoms with van der Waals surface area (Å²) in [7, 11) is 1.52. The molecule has 104 valence electrons. The van der Waals surface area contributed by atoms with Gasteiger partial charge in [0.05, 0.1) is 13.0 Å². The molecule has 20 heavy (non-hydrogen) atoms. The fourth-order valence-electron chi connectivity index (χ4n) is 2.20. The summed E-state index contributed by atoms with van der Waals surface area (Å²) in [4.78, 5) is 11.5. The van der Waals surface area contributed by atoms with Crippen LogP contribution >= 0.6 is 0 Å². The van der Waals surface area contributed by atoms with Gasteiger partial charge in [0.1, 0.15) is 11.5 Å². The van der Waals surface area contributed by atoms with E-state index in [2.05, 4.69) is 0 Å². The summed E-state index contributed by atoms with van der Waals surface area (Å²) in [5, 5.41) is 18.9. The first-order valence-electron chi connectivity index (χ1n) is 6.25. The zero-order valence-corrected chi connectivity index (χ0v) is 11.1. The molecule has 4 nitrogen and oxygen atoms in total. The Bertz CT molecular complexity index is 607. The molecule has 0 saturated heterocycles. The highest BCUT2D eigenvalue weighted by Gasteiger charge is 2.23. The van der Waals surface area contributed by atoms with Gasteiger partial charge in [-0.1, -0.05) is 30.3 Å². The maximum atomic E-state index is 11.5. The van der Waals surface area contributed by atoms with Crippen molar-refractivity contribution >= 4 is 5.97 Å². The van der Waals surface area contributed by atoms with Crippen molar-refractivity contribution in [1.82, 2.24) is 0 Å². The number of phenolic OH excluding ortho intramolecular Hbond substituents is 1. The van der Waals surface area contributed by atoms with Crippen LogP contribution < -0.4 is 4.74 Å². The van der Waals surface area contributed by atoms with Gasteiger partial charge in [0.2, 0.25) is 0 Å². The van der Waals surface area contributed by atoms with Crippen LogP contribution in [-0.2, 0) is 11.2 Å². The molecular formula is C16H16O4. The van der Waals surface area contributed by atoms with Crippen molar-refractivity contribution in [2.24, 2.45) is 0 Å². The minimum atomic E-state index is -0.919. The van der Waals surface area contributed by atoms with Gasteiger partial charge in [0.15, 0.2) is 0 Å². The molecule has 4 heteroatoms. The van der Waals surface area contributed by atoms with Crippen LogP contribution in [0, 0.1) is 0 Å². The molecule has 0 aliphatic carbocycles. The number of carboxylic acids is 1. The number of phenols is 1. The summed E-state index contributed by atoms with van der Waals surface area (Å²) in [6, 6.07) is 13.7. The van der Waals surface area contributed by atoms with E-state index in [0.717, 1.165) is 5.56 Å². The Labute approximate surface area is 117 Å². The van der Waals surface area contributed by atoms with Crippen LogP contribution in [0.5, 0.6) is 11.5 Å². The van der Waals surface area contributed by atoms with Crippen LogP contribution in [0.15, 0.2) is 48.5 Å². The summed E-state index contributed by atoms with van der Waals surface area (Å²) < 4.78 is 5.23. The number of hydrogen-bond acceptors (Lipinski definition) is 3. The summed E-state index contributed by atoms with van der Waals surface area (Å²) in [6.45, 7) is 0. The van der Waals surface area contributed by atoms with E-state index in [1.165, 1.54) is 7.11 Å². The average molecular weight is 272 g/mol. The van der Waals surface area contributed by atoms with Gasteiger partial charge >= 0.3 is 5.97 Å². The van der Waals surface area contributed by atoms with Gasteiger partial charge in [0.25, 0.3) is 0 Å². The lowest BCUT2D eigenvalue weighted by atomic mass is 9.91. The van der Waals surface area contributed by atoms with Crippen LogP contribution in [0.2, 0.25) is 0 Å². The topological polar surface area (TPSA) is 66.8 Å². The second-order valence-corrected chi connectivity index (χ2v) is 4.51. The summed E-state index contributed by atoms with van der Waals surface area (Å²) in [6.07, 6.45) is 0.296. The number of rotatable bonds is 5. The fraction of sp³-hybridized carbons (Fsp3) is 0.188. The molecule has 0 amide bonds. The van der Waals surface area contributed by atoms with Crippen LogP contribution in [0.25, 0.3) is 0 Å². The number of methoxy groups -OCH3 is 1. The lowest BCUT2D eigenvalue weighted by Crippen LogP contribution is -2.15. The molecule has 2 N–H and O–H groups in total. The minimum Gasteiger partial charge on any atom is -0.508 e. The van der Waals surface area contributed by atoms with Crippen LogP contribution in [0.1, 0.15) is 17.0 Å². The van der Waals surface area contributed by atoms with Crippen molar-refractivity contribution in [1.29, 1.82) is 0 Å². The van der Waals surface area contributed by atoms with Crippen molar-refractivity contribution in [2.75, 3.05) is 7.11 Å². The lowest BCUT2D eigenvalue weighted by Gasteiger charge is -2.16. The number of hydrogen-bond donors (Lipinski definition) is 2. The van der Waals surface area contributed by atoms with Gasteiger partial charge in [-0.25, -0.2) is 0 Å². The highest BCUT2D eigenvalue weighted by molar-refractivity contribution is 5.77. The third-order valence-corrected chi connectivity index (χ3v) is 3.16. The molecule has 0 fully saturated rings. The SMILES string of the molecule is COc1ccccc1C(Cc1cccc(O)c1)C(=O)O. The second kappa shape index (κ2) is 6.10. The molecule has 0 saturated carbocycles. The molecule has 1 unspecified atom stereocenters. The predicted octanol–water partition coefficient (Wildman–Crippen LogP) is 2.81. The number of aliphatic carboxylic acids is 1. The normalized spacial score (nSPS) is 11.8. The van der Waals surface area contributed by atoms with Crippen LogP contribution in [0.4, 0.5) is 0 Å². The number of benzene rings is 2. The molecule has 2 aromatic carbocycles. The van der Waals surface area contributed by atoms with Gasteiger partial charge in [-0.05, 0) is 30.2 Å². The van der Waals surface area contributed by atoms with E-state index in [-0.39, 0.29) is 5.75 Å². The highest BCUT2D eigenvalue weighted by Crippen LogP contribution is 2.30. The molecule has 0 aliphatic rings. The third kappa shape index (κ3) is 3.09. The predicted molar refractivity (Wildman–Crippen MR) is 75.2 cm³/mol. The first-order valence-corrected chi connectivity index (χ1v) is 6.25. The van der Waals surface area contributed by atoms with E-state index in [4.69, 9.17) is 4.74 Å². The Morgan fingerprint density at radius 2 is 1.95 bits per heavy atom. The Kier molecular flexibility index (Phi) is 4.25. The van der Waals surface area contributed by atoms with Gasteiger partial charge in [-0.15, -0.1) is 0 Å². The van der Waals surface area contributed by atoms with Gasteiger partial charge in [0, 0.05) is 5.56 Å². The average Bonchev–Trinajstić information content (AvgIpc) is 2.44. The van der Waals surface area contributed by atoms with Crippen LogP contribution in [0.3, 0.4) is 0 Å².